The van der Waals surface area contributed by atoms with Crippen molar-refractivity contribution in [3.05, 3.63) is 36.5 Å². The monoisotopic (exact) mass is 371 g/mol. The van der Waals surface area contributed by atoms with Gasteiger partial charge in [0.15, 0.2) is 23.9 Å². The minimum Gasteiger partial charge on any atom is -0.493 e. The number of carbonyl (C=O) groups excluding carboxylic acids is 1. The van der Waals surface area contributed by atoms with Crippen LogP contribution in [0.3, 0.4) is 0 Å². The molecule has 0 unspecified atom stereocenters. The predicted molar refractivity (Wildman–Crippen MR) is 103 cm³/mol. The van der Waals surface area contributed by atoms with Crippen LogP contribution in [-0.4, -0.2) is 56.0 Å². The molecule has 2 N–H and O–H groups in total. The van der Waals surface area contributed by atoms with Gasteiger partial charge in [0.05, 0.1) is 19.0 Å². The first-order valence-corrected chi connectivity index (χ1v) is 9.10. The van der Waals surface area contributed by atoms with E-state index in [1.807, 2.05) is 18.2 Å². The fraction of sp³-hybridized carbons (Fsp3) is 0.421. The lowest BCUT2D eigenvalue weighted by molar-refractivity contribution is -0.123. The Morgan fingerprint density at radius 2 is 1.96 bits per heavy atom. The van der Waals surface area contributed by atoms with Crippen molar-refractivity contribution in [1.82, 2.24) is 15.5 Å². The fourth-order valence-electron chi connectivity index (χ4n) is 2.92. The number of nitrogens with zero attached hydrogens (tertiary/aromatic N) is 3. The number of anilines is 2. The van der Waals surface area contributed by atoms with Crippen LogP contribution in [0.25, 0.3) is 0 Å². The first-order valence-electron chi connectivity index (χ1n) is 9.10. The number of para-hydroxylation sites is 2. The van der Waals surface area contributed by atoms with Crippen LogP contribution in [0.5, 0.6) is 11.5 Å². The van der Waals surface area contributed by atoms with Crippen molar-refractivity contribution in [2.45, 2.75) is 12.8 Å². The molecule has 1 aliphatic heterocycles. The van der Waals surface area contributed by atoms with Crippen LogP contribution in [0.4, 0.5) is 11.5 Å². The van der Waals surface area contributed by atoms with Crippen LogP contribution in [0.1, 0.15) is 12.8 Å². The Balaban J connectivity index is 1.37. The van der Waals surface area contributed by atoms with Gasteiger partial charge in [0.1, 0.15) is 0 Å². The van der Waals surface area contributed by atoms with Gasteiger partial charge in [-0.15, -0.1) is 5.10 Å². The second-order valence-corrected chi connectivity index (χ2v) is 6.21. The first-order chi connectivity index (χ1) is 13.3. The Morgan fingerprint density at radius 1 is 1.19 bits per heavy atom. The number of rotatable bonds is 9. The maximum Gasteiger partial charge on any atom is 0.258 e. The van der Waals surface area contributed by atoms with Gasteiger partial charge in [-0.3, -0.25) is 4.79 Å². The predicted octanol–water partition coefficient (Wildman–Crippen LogP) is 1.69. The summed E-state index contributed by atoms with van der Waals surface area (Å²) in [6, 6.07) is 9.22. The van der Waals surface area contributed by atoms with Crippen molar-refractivity contribution in [1.29, 1.82) is 0 Å². The van der Waals surface area contributed by atoms with Crippen molar-refractivity contribution in [2.75, 3.05) is 50.1 Å². The smallest absolute Gasteiger partial charge is 0.258 e. The third-order valence-corrected chi connectivity index (χ3v) is 4.29. The highest BCUT2D eigenvalue weighted by molar-refractivity contribution is 5.77. The molecule has 1 aromatic carbocycles. The summed E-state index contributed by atoms with van der Waals surface area (Å²) in [6.45, 7) is 3.08. The zero-order chi connectivity index (χ0) is 18.9. The summed E-state index contributed by atoms with van der Waals surface area (Å²) in [6.07, 6.45) is 4.22. The van der Waals surface area contributed by atoms with Crippen LogP contribution in [0.15, 0.2) is 36.5 Å². The molecule has 0 radical (unpaired) electrons. The summed E-state index contributed by atoms with van der Waals surface area (Å²) < 4.78 is 10.7. The Labute approximate surface area is 158 Å². The van der Waals surface area contributed by atoms with Gasteiger partial charge in [-0.05, 0) is 25.0 Å². The van der Waals surface area contributed by atoms with E-state index in [0.717, 1.165) is 18.8 Å². The van der Waals surface area contributed by atoms with E-state index >= 15 is 0 Å². The lowest BCUT2D eigenvalue weighted by Crippen LogP contribution is -2.32. The van der Waals surface area contributed by atoms with Crippen molar-refractivity contribution in [3.63, 3.8) is 0 Å². The van der Waals surface area contributed by atoms with Gasteiger partial charge in [0.2, 0.25) is 0 Å². The molecular formula is C19H25N5O3. The summed E-state index contributed by atoms with van der Waals surface area (Å²) in [5.41, 5.74) is 1.08. The summed E-state index contributed by atoms with van der Waals surface area (Å²) in [5, 5.41) is 14.1. The zero-order valence-corrected chi connectivity index (χ0v) is 15.5. The molecule has 1 aliphatic rings. The maximum absolute atomic E-state index is 11.9. The molecular weight excluding hydrogens is 346 g/mol. The summed E-state index contributed by atoms with van der Waals surface area (Å²) in [7, 11) is 1.57. The highest BCUT2D eigenvalue weighted by Crippen LogP contribution is 2.25. The van der Waals surface area contributed by atoms with E-state index in [1.54, 1.807) is 25.4 Å². The van der Waals surface area contributed by atoms with E-state index in [-0.39, 0.29) is 12.5 Å². The minimum absolute atomic E-state index is 0.0649. The van der Waals surface area contributed by atoms with E-state index in [1.165, 1.54) is 12.8 Å². The number of carbonyl (C=O) groups is 1. The lowest BCUT2D eigenvalue weighted by atomic mass is 10.3. The zero-order valence-electron chi connectivity index (χ0n) is 15.5. The molecule has 8 heteroatoms. The Bertz CT molecular complexity index is 750. The Kier molecular flexibility index (Phi) is 6.67. The van der Waals surface area contributed by atoms with Crippen LogP contribution >= 0.6 is 0 Å². The van der Waals surface area contributed by atoms with Gasteiger partial charge in [-0.1, -0.05) is 12.1 Å². The molecule has 1 aromatic heterocycles. The molecule has 0 aliphatic carbocycles. The lowest BCUT2D eigenvalue weighted by Gasteiger charge is -2.17. The number of amides is 1. The molecule has 2 heterocycles. The Hall–Kier alpha value is -3.03. The number of hydrogen-bond donors (Lipinski definition) is 2. The van der Waals surface area contributed by atoms with E-state index in [0.29, 0.717) is 30.4 Å². The molecule has 1 amide bonds. The fourth-order valence-corrected chi connectivity index (χ4v) is 2.92. The molecule has 3 rings (SSSR count). The van der Waals surface area contributed by atoms with E-state index < -0.39 is 0 Å². The standard InChI is InChI=1S/C19H25N5O3/c1-26-16-6-2-3-7-17(16)27-14-19(25)21-9-8-20-18-12-15(13-22-23-18)24-10-4-5-11-24/h2-3,6-7,12-13H,4-5,8-11,14H2,1H3,(H,20,23)(H,21,25). The third-order valence-electron chi connectivity index (χ3n) is 4.29. The molecule has 0 saturated carbocycles. The third kappa shape index (κ3) is 5.47. The largest absolute Gasteiger partial charge is 0.493 e. The molecule has 8 nitrogen and oxygen atoms in total. The molecule has 1 saturated heterocycles. The SMILES string of the molecule is COc1ccccc1OCC(=O)NCCNc1cc(N2CCCC2)cnn1. The van der Waals surface area contributed by atoms with Crippen molar-refractivity contribution >= 4 is 17.4 Å². The van der Waals surface area contributed by atoms with Gasteiger partial charge < -0.3 is 25.0 Å². The highest BCUT2D eigenvalue weighted by atomic mass is 16.5. The van der Waals surface area contributed by atoms with Gasteiger partial charge in [0.25, 0.3) is 5.91 Å². The summed E-state index contributed by atoms with van der Waals surface area (Å²) in [5.74, 6) is 1.66. The van der Waals surface area contributed by atoms with Gasteiger partial charge in [-0.25, -0.2) is 0 Å². The summed E-state index contributed by atoms with van der Waals surface area (Å²) in [4.78, 5) is 14.2. The van der Waals surface area contributed by atoms with Gasteiger partial charge >= 0.3 is 0 Å². The minimum atomic E-state index is -0.195. The number of hydrogen-bond acceptors (Lipinski definition) is 7. The number of benzene rings is 1. The van der Waals surface area contributed by atoms with Crippen LogP contribution in [0, 0.1) is 0 Å². The quantitative estimate of drug-likeness (QED) is 0.649. The average molecular weight is 371 g/mol. The number of aromatic nitrogens is 2. The van der Waals surface area contributed by atoms with Crippen LogP contribution in [0.2, 0.25) is 0 Å². The second kappa shape index (κ2) is 9.61. The maximum atomic E-state index is 11.9. The molecule has 27 heavy (non-hydrogen) atoms. The van der Waals surface area contributed by atoms with Gasteiger partial charge in [0, 0.05) is 32.2 Å². The summed E-state index contributed by atoms with van der Waals surface area (Å²) >= 11 is 0. The number of ether oxygens (including phenoxy) is 2. The number of methoxy groups -OCH3 is 1. The highest BCUT2D eigenvalue weighted by Gasteiger charge is 2.13. The number of nitrogens with one attached hydrogen (secondary N) is 2. The second-order valence-electron chi connectivity index (χ2n) is 6.21. The van der Waals surface area contributed by atoms with Crippen LogP contribution < -0.4 is 25.0 Å². The van der Waals surface area contributed by atoms with Crippen molar-refractivity contribution in [3.8, 4) is 11.5 Å². The van der Waals surface area contributed by atoms with Crippen molar-refractivity contribution < 1.29 is 14.3 Å². The van der Waals surface area contributed by atoms with Gasteiger partial charge in [-0.2, -0.15) is 5.10 Å². The molecule has 1 fully saturated rings. The molecule has 2 aromatic rings. The molecule has 0 atom stereocenters. The van der Waals surface area contributed by atoms with Crippen LogP contribution in [-0.2, 0) is 4.79 Å². The normalized spacial score (nSPS) is 13.3. The van der Waals surface area contributed by atoms with E-state index in [4.69, 9.17) is 9.47 Å². The first kappa shape index (κ1) is 18.8. The van der Waals surface area contributed by atoms with Crippen molar-refractivity contribution in [2.24, 2.45) is 0 Å². The molecule has 0 bridgehead atoms. The Morgan fingerprint density at radius 3 is 2.74 bits per heavy atom. The average Bonchev–Trinajstić information content (AvgIpc) is 3.25. The molecule has 144 valence electrons. The van der Waals surface area contributed by atoms with E-state index in [9.17, 15) is 4.79 Å². The molecule has 0 spiro atoms. The topological polar surface area (TPSA) is 88.6 Å². The van der Waals surface area contributed by atoms with E-state index in [2.05, 4.69) is 25.7 Å².